The predicted molar refractivity (Wildman–Crippen MR) is 53.7 cm³/mol. The third-order valence-electron chi connectivity index (χ3n) is 3.06. The maximum absolute atomic E-state index is 10.3. The van der Waals surface area contributed by atoms with Crippen LogP contribution in [0.1, 0.15) is 46.5 Å². The Morgan fingerprint density at radius 1 is 1.62 bits per heavy atom. The van der Waals surface area contributed by atoms with E-state index in [1.165, 1.54) is 0 Å². The summed E-state index contributed by atoms with van der Waals surface area (Å²) in [7, 11) is 0. The second-order valence-corrected chi connectivity index (χ2v) is 4.58. The smallest absolute Gasteiger partial charge is 0.0696 e. The van der Waals surface area contributed by atoms with Crippen molar-refractivity contribution in [3.05, 3.63) is 0 Å². The molecule has 1 fully saturated rings. The van der Waals surface area contributed by atoms with Gasteiger partial charge in [0.2, 0.25) is 0 Å². The molecule has 3 atom stereocenters. The van der Waals surface area contributed by atoms with Crippen LogP contribution in [-0.2, 0) is 4.74 Å². The van der Waals surface area contributed by atoms with Crippen LogP contribution >= 0.6 is 0 Å². The van der Waals surface area contributed by atoms with Crippen molar-refractivity contribution in [2.45, 2.75) is 58.2 Å². The fraction of sp³-hybridized carbons (Fsp3) is 1.00. The molecular formula is C11H22O2. The molecule has 0 radical (unpaired) electrons. The summed E-state index contributed by atoms with van der Waals surface area (Å²) in [6, 6.07) is 0. The highest BCUT2D eigenvalue weighted by molar-refractivity contribution is 4.85. The number of hydrogen-bond donors (Lipinski definition) is 1. The zero-order chi connectivity index (χ0) is 9.90. The van der Waals surface area contributed by atoms with Gasteiger partial charge in [-0.05, 0) is 25.7 Å². The van der Waals surface area contributed by atoms with Crippen LogP contribution < -0.4 is 0 Å². The van der Waals surface area contributed by atoms with Gasteiger partial charge >= 0.3 is 0 Å². The molecule has 0 bridgehead atoms. The molecule has 2 nitrogen and oxygen atoms in total. The first-order valence-corrected chi connectivity index (χ1v) is 5.40. The van der Waals surface area contributed by atoms with E-state index in [1.807, 2.05) is 6.92 Å². The van der Waals surface area contributed by atoms with Gasteiger partial charge in [0.25, 0.3) is 0 Å². The van der Waals surface area contributed by atoms with Crippen LogP contribution in [0.5, 0.6) is 0 Å². The van der Waals surface area contributed by atoms with Crippen LogP contribution in [0.4, 0.5) is 0 Å². The summed E-state index contributed by atoms with van der Waals surface area (Å²) in [5, 5.41) is 10.3. The van der Waals surface area contributed by atoms with E-state index in [4.69, 9.17) is 4.74 Å². The SMILES string of the molecule is CCC(C)CC1(O)CCOC(C)C1. The Morgan fingerprint density at radius 3 is 2.85 bits per heavy atom. The molecule has 0 aromatic heterocycles. The summed E-state index contributed by atoms with van der Waals surface area (Å²) in [6.45, 7) is 7.14. The average molecular weight is 186 g/mol. The van der Waals surface area contributed by atoms with Crippen molar-refractivity contribution in [1.82, 2.24) is 0 Å². The Kier molecular flexibility index (Phi) is 3.74. The Balaban J connectivity index is 2.44. The van der Waals surface area contributed by atoms with Gasteiger partial charge < -0.3 is 9.84 Å². The minimum atomic E-state index is -0.451. The normalized spacial score (nSPS) is 37.4. The van der Waals surface area contributed by atoms with Crippen LogP contribution in [-0.4, -0.2) is 23.4 Å². The standard InChI is InChI=1S/C11H22O2/c1-4-9(2)7-11(12)5-6-13-10(3)8-11/h9-10,12H,4-8H2,1-3H3. The molecule has 1 aliphatic rings. The third-order valence-corrected chi connectivity index (χ3v) is 3.06. The zero-order valence-electron chi connectivity index (χ0n) is 9.05. The first-order chi connectivity index (χ1) is 6.06. The van der Waals surface area contributed by atoms with Crippen LogP contribution in [0.15, 0.2) is 0 Å². The molecule has 0 amide bonds. The molecule has 0 aromatic rings. The van der Waals surface area contributed by atoms with Crippen molar-refractivity contribution in [3.8, 4) is 0 Å². The minimum Gasteiger partial charge on any atom is -0.390 e. The molecule has 1 aliphatic heterocycles. The van der Waals surface area contributed by atoms with E-state index in [0.29, 0.717) is 12.5 Å². The fourth-order valence-electron chi connectivity index (χ4n) is 2.12. The Hall–Kier alpha value is -0.0800. The molecule has 0 aromatic carbocycles. The number of ether oxygens (including phenoxy) is 1. The molecule has 78 valence electrons. The molecule has 13 heavy (non-hydrogen) atoms. The van der Waals surface area contributed by atoms with Crippen LogP contribution in [0.3, 0.4) is 0 Å². The monoisotopic (exact) mass is 186 g/mol. The lowest BCUT2D eigenvalue weighted by Gasteiger charge is -2.37. The van der Waals surface area contributed by atoms with Crippen molar-refractivity contribution < 1.29 is 9.84 Å². The highest BCUT2D eigenvalue weighted by Crippen LogP contribution is 2.31. The summed E-state index contributed by atoms with van der Waals surface area (Å²) in [5.74, 6) is 0.621. The van der Waals surface area contributed by atoms with Gasteiger partial charge in [-0.3, -0.25) is 0 Å². The lowest BCUT2D eigenvalue weighted by Crippen LogP contribution is -2.40. The number of hydrogen-bond acceptors (Lipinski definition) is 2. The maximum Gasteiger partial charge on any atom is 0.0696 e. The maximum atomic E-state index is 10.3. The Bertz CT molecular complexity index is 158. The molecule has 1 rings (SSSR count). The molecule has 0 spiro atoms. The minimum absolute atomic E-state index is 0.225. The van der Waals surface area contributed by atoms with E-state index < -0.39 is 5.60 Å². The Morgan fingerprint density at radius 2 is 2.31 bits per heavy atom. The van der Waals surface area contributed by atoms with Gasteiger partial charge in [0.15, 0.2) is 0 Å². The van der Waals surface area contributed by atoms with Crippen molar-refractivity contribution in [2.75, 3.05) is 6.61 Å². The van der Waals surface area contributed by atoms with Crippen LogP contribution in [0.2, 0.25) is 0 Å². The first-order valence-electron chi connectivity index (χ1n) is 5.40. The lowest BCUT2D eigenvalue weighted by molar-refractivity contribution is -0.106. The van der Waals surface area contributed by atoms with Gasteiger partial charge in [0, 0.05) is 13.0 Å². The third kappa shape index (κ3) is 3.28. The summed E-state index contributed by atoms with van der Waals surface area (Å²) >= 11 is 0. The van der Waals surface area contributed by atoms with Gasteiger partial charge in [-0.1, -0.05) is 20.3 Å². The number of aliphatic hydroxyl groups is 1. The van der Waals surface area contributed by atoms with Gasteiger partial charge in [-0.2, -0.15) is 0 Å². The molecular weight excluding hydrogens is 164 g/mol. The number of rotatable bonds is 3. The van der Waals surface area contributed by atoms with E-state index >= 15 is 0 Å². The molecule has 1 heterocycles. The van der Waals surface area contributed by atoms with Gasteiger partial charge in [0.05, 0.1) is 11.7 Å². The average Bonchev–Trinajstić information content (AvgIpc) is 2.02. The van der Waals surface area contributed by atoms with Crippen LogP contribution in [0.25, 0.3) is 0 Å². The Labute approximate surface area is 81.3 Å². The van der Waals surface area contributed by atoms with Crippen molar-refractivity contribution in [1.29, 1.82) is 0 Å². The molecule has 3 unspecified atom stereocenters. The van der Waals surface area contributed by atoms with E-state index in [-0.39, 0.29) is 6.10 Å². The topological polar surface area (TPSA) is 29.5 Å². The molecule has 2 heteroatoms. The highest BCUT2D eigenvalue weighted by Gasteiger charge is 2.33. The fourth-order valence-corrected chi connectivity index (χ4v) is 2.12. The van der Waals surface area contributed by atoms with E-state index in [9.17, 15) is 5.11 Å². The van der Waals surface area contributed by atoms with Crippen molar-refractivity contribution in [3.63, 3.8) is 0 Å². The quantitative estimate of drug-likeness (QED) is 0.733. The summed E-state index contributed by atoms with van der Waals surface area (Å²) < 4.78 is 5.43. The first kappa shape index (κ1) is 11.0. The van der Waals surface area contributed by atoms with E-state index in [2.05, 4.69) is 13.8 Å². The second kappa shape index (κ2) is 4.43. The van der Waals surface area contributed by atoms with Crippen molar-refractivity contribution >= 4 is 0 Å². The highest BCUT2D eigenvalue weighted by atomic mass is 16.5. The summed E-state index contributed by atoms with van der Waals surface area (Å²) in [4.78, 5) is 0. The molecule has 0 aliphatic carbocycles. The zero-order valence-corrected chi connectivity index (χ0v) is 9.05. The summed E-state index contributed by atoms with van der Waals surface area (Å²) in [6.07, 6.45) is 3.91. The van der Waals surface area contributed by atoms with Gasteiger partial charge in [-0.25, -0.2) is 0 Å². The lowest BCUT2D eigenvalue weighted by atomic mass is 9.82. The van der Waals surface area contributed by atoms with Gasteiger partial charge in [0.1, 0.15) is 0 Å². The van der Waals surface area contributed by atoms with Crippen LogP contribution in [0, 0.1) is 5.92 Å². The second-order valence-electron chi connectivity index (χ2n) is 4.58. The van der Waals surface area contributed by atoms with Gasteiger partial charge in [-0.15, -0.1) is 0 Å². The molecule has 1 N–H and O–H groups in total. The molecule has 0 saturated carbocycles. The van der Waals surface area contributed by atoms with Crippen molar-refractivity contribution in [2.24, 2.45) is 5.92 Å². The molecule has 1 saturated heterocycles. The summed E-state index contributed by atoms with van der Waals surface area (Å²) in [5.41, 5.74) is -0.451. The predicted octanol–water partition coefficient (Wildman–Crippen LogP) is 2.35. The largest absolute Gasteiger partial charge is 0.390 e. The van der Waals surface area contributed by atoms with E-state index in [1.54, 1.807) is 0 Å². The van der Waals surface area contributed by atoms with E-state index in [0.717, 1.165) is 25.7 Å².